The Morgan fingerprint density at radius 2 is 1.90 bits per heavy atom. The van der Waals surface area contributed by atoms with Gasteiger partial charge in [-0.05, 0) is 50.7 Å². The van der Waals surface area contributed by atoms with Crippen LogP contribution in [-0.2, 0) is 6.54 Å². The molecule has 3 heteroatoms. The molecule has 0 bridgehead atoms. The van der Waals surface area contributed by atoms with E-state index >= 15 is 0 Å². The molecule has 0 atom stereocenters. The highest BCUT2D eigenvalue weighted by Gasteiger charge is 2.01. The maximum Gasteiger partial charge on any atom is 0.0409 e. The van der Waals surface area contributed by atoms with E-state index in [0.717, 1.165) is 24.7 Å². The Hall–Kier alpha value is -0.570. The second kappa shape index (κ2) is 10.2. The largest absolute Gasteiger partial charge is 0.315 e. The molecule has 1 N–H and O–H groups in total. The van der Waals surface area contributed by atoms with E-state index in [0.29, 0.717) is 6.04 Å². The number of halogens is 1. The molecule has 0 heterocycles. The van der Waals surface area contributed by atoms with Crippen LogP contribution >= 0.6 is 11.6 Å². The Morgan fingerprint density at radius 1 is 1.15 bits per heavy atom. The van der Waals surface area contributed by atoms with E-state index in [4.69, 9.17) is 11.6 Å². The zero-order valence-corrected chi connectivity index (χ0v) is 13.9. The Labute approximate surface area is 129 Å². The third-order valence-electron chi connectivity index (χ3n) is 3.36. The third kappa shape index (κ3) is 8.57. The monoisotopic (exact) mass is 296 g/mol. The van der Waals surface area contributed by atoms with Crippen molar-refractivity contribution in [3.8, 4) is 0 Å². The summed E-state index contributed by atoms with van der Waals surface area (Å²) in [5.41, 5.74) is 1.29. The summed E-state index contributed by atoms with van der Waals surface area (Å²) in [5, 5.41) is 4.29. The van der Waals surface area contributed by atoms with Crippen LogP contribution in [-0.4, -0.2) is 31.1 Å². The molecule has 0 amide bonds. The number of nitrogens with one attached hydrogen (secondary N) is 1. The fourth-order valence-corrected chi connectivity index (χ4v) is 2.49. The van der Waals surface area contributed by atoms with Crippen LogP contribution in [0, 0.1) is 0 Å². The van der Waals surface area contributed by atoms with E-state index in [2.05, 4.69) is 43.2 Å². The molecule has 0 radical (unpaired) electrons. The summed E-state index contributed by atoms with van der Waals surface area (Å²) in [4.78, 5) is 2.37. The second-order valence-electron chi connectivity index (χ2n) is 5.89. The maximum atomic E-state index is 6.00. The number of hydrogen-bond donors (Lipinski definition) is 1. The zero-order chi connectivity index (χ0) is 14.8. The maximum absolute atomic E-state index is 6.00. The molecule has 0 fully saturated rings. The standard InChI is InChI=1S/C17H29ClN2/c1-15(2)19-11-6-4-5-7-12-20(3)14-16-9-8-10-17(18)13-16/h8-10,13,15,19H,4-7,11-12,14H2,1-3H3. The Morgan fingerprint density at radius 3 is 2.60 bits per heavy atom. The van der Waals surface area contributed by atoms with Crippen molar-refractivity contribution in [1.82, 2.24) is 10.2 Å². The van der Waals surface area contributed by atoms with Crippen molar-refractivity contribution in [1.29, 1.82) is 0 Å². The quantitative estimate of drug-likeness (QED) is 0.647. The molecule has 1 rings (SSSR count). The van der Waals surface area contributed by atoms with Gasteiger partial charge in [0.2, 0.25) is 0 Å². The first-order valence-corrected chi connectivity index (χ1v) is 8.12. The molecule has 0 aliphatic carbocycles. The lowest BCUT2D eigenvalue weighted by atomic mass is 10.1. The van der Waals surface area contributed by atoms with E-state index in [1.165, 1.54) is 31.2 Å². The average molecular weight is 297 g/mol. The molecule has 0 saturated heterocycles. The van der Waals surface area contributed by atoms with Crippen molar-refractivity contribution < 1.29 is 0 Å². The summed E-state index contributed by atoms with van der Waals surface area (Å²) in [6.07, 6.45) is 5.21. The van der Waals surface area contributed by atoms with Gasteiger partial charge < -0.3 is 10.2 Å². The molecule has 0 aromatic heterocycles. The van der Waals surface area contributed by atoms with E-state index in [-0.39, 0.29) is 0 Å². The van der Waals surface area contributed by atoms with Crippen LogP contribution in [0.1, 0.15) is 45.1 Å². The van der Waals surface area contributed by atoms with Gasteiger partial charge in [-0.15, -0.1) is 0 Å². The molecule has 20 heavy (non-hydrogen) atoms. The summed E-state index contributed by atoms with van der Waals surface area (Å²) in [5.74, 6) is 0. The van der Waals surface area contributed by atoms with Crippen LogP contribution in [0.4, 0.5) is 0 Å². The molecule has 0 aliphatic rings. The van der Waals surface area contributed by atoms with Gasteiger partial charge in [0.25, 0.3) is 0 Å². The Bertz CT molecular complexity index is 366. The fourth-order valence-electron chi connectivity index (χ4n) is 2.28. The van der Waals surface area contributed by atoms with Crippen molar-refractivity contribution in [2.45, 2.75) is 52.1 Å². The number of nitrogens with zero attached hydrogens (tertiary/aromatic N) is 1. The SMILES string of the molecule is CC(C)NCCCCCCN(C)Cc1cccc(Cl)c1. The number of benzene rings is 1. The first kappa shape index (κ1) is 17.5. The molecule has 114 valence electrons. The van der Waals surface area contributed by atoms with Gasteiger partial charge in [-0.2, -0.15) is 0 Å². The summed E-state index contributed by atoms with van der Waals surface area (Å²) in [6.45, 7) is 7.69. The van der Waals surface area contributed by atoms with E-state index in [1.807, 2.05) is 12.1 Å². The van der Waals surface area contributed by atoms with E-state index in [9.17, 15) is 0 Å². The molecule has 0 saturated carbocycles. The number of unbranched alkanes of at least 4 members (excludes halogenated alkanes) is 3. The normalized spacial score (nSPS) is 11.5. The highest BCUT2D eigenvalue weighted by atomic mass is 35.5. The first-order valence-electron chi connectivity index (χ1n) is 7.74. The van der Waals surface area contributed by atoms with Crippen molar-refractivity contribution >= 4 is 11.6 Å². The lowest BCUT2D eigenvalue weighted by Gasteiger charge is -2.16. The van der Waals surface area contributed by atoms with Gasteiger partial charge in [-0.1, -0.05) is 50.4 Å². The molecular weight excluding hydrogens is 268 g/mol. The van der Waals surface area contributed by atoms with Crippen LogP contribution in [0.15, 0.2) is 24.3 Å². The Kier molecular flexibility index (Phi) is 8.92. The van der Waals surface area contributed by atoms with Crippen molar-refractivity contribution in [3.05, 3.63) is 34.9 Å². The minimum Gasteiger partial charge on any atom is -0.315 e. The van der Waals surface area contributed by atoms with Crippen LogP contribution < -0.4 is 5.32 Å². The van der Waals surface area contributed by atoms with Crippen LogP contribution in [0.25, 0.3) is 0 Å². The second-order valence-corrected chi connectivity index (χ2v) is 6.33. The third-order valence-corrected chi connectivity index (χ3v) is 3.60. The lowest BCUT2D eigenvalue weighted by molar-refractivity contribution is 0.316. The average Bonchev–Trinajstić information content (AvgIpc) is 2.37. The zero-order valence-electron chi connectivity index (χ0n) is 13.2. The lowest BCUT2D eigenvalue weighted by Crippen LogP contribution is -2.23. The molecule has 0 aliphatic heterocycles. The molecular formula is C17H29ClN2. The van der Waals surface area contributed by atoms with Crippen molar-refractivity contribution in [2.75, 3.05) is 20.1 Å². The number of rotatable bonds is 10. The van der Waals surface area contributed by atoms with E-state index in [1.54, 1.807) is 0 Å². The summed E-state index contributed by atoms with van der Waals surface area (Å²) in [6, 6.07) is 8.75. The van der Waals surface area contributed by atoms with Crippen molar-refractivity contribution in [2.24, 2.45) is 0 Å². The molecule has 2 nitrogen and oxygen atoms in total. The number of hydrogen-bond acceptors (Lipinski definition) is 2. The summed E-state index contributed by atoms with van der Waals surface area (Å²) < 4.78 is 0. The fraction of sp³-hybridized carbons (Fsp3) is 0.647. The first-order chi connectivity index (χ1) is 9.58. The topological polar surface area (TPSA) is 15.3 Å². The van der Waals surface area contributed by atoms with E-state index < -0.39 is 0 Å². The van der Waals surface area contributed by atoms with Gasteiger partial charge in [-0.25, -0.2) is 0 Å². The summed E-state index contributed by atoms with van der Waals surface area (Å²) >= 11 is 6.00. The van der Waals surface area contributed by atoms with Crippen LogP contribution in [0.2, 0.25) is 5.02 Å². The summed E-state index contributed by atoms with van der Waals surface area (Å²) in [7, 11) is 2.18. The van der Waals surface area contributed by atoms with Gasteiger partial charge in [0, 0.05) is 17.6 Å². The smallest absolute Gasteiger partial charge is 0.0409 e. The predicted octanol–water partition coefficient (Wildman–Crippen LogP) is 4.33. The van der Waals surface area contributed by atoms with Gasteiger partial charge in [-0.3, -0.25) is 0 Å². The van der Waals surface area contributed by atoms with Gasteiger partial charge in [0.15, 0.2) is 0 Å². The van der Waals surface area contributed by atoms with Crippen molar-refractivity contribution in [3.63, 3.8) is 0 Å². The van der Waals surface area contributed by atoms with Crippen LogP contribution in [0.5, 0.6) is 0 Å². The highest BCUT2D eigenvalue weighted by molar-refractivity contribution is 6.30. The van der Waals surface area contributed by atoms with Gasteiger partial charge in [0.05, 0.1) is 0 Å². The minimum absolute atomic E-state index is 0.610. The minimum atomic E-state index is 0.610. The Balaban J connectivity index is 2.04. The molecule has 1 aromatic rings. The van der Waals surface area contributed by atoms with Gasteiger partial charge in [0.1, 0.15) is 0 Å². The molecule has 0 unspecified atom stereocenters. The van der Waals surface area contributed by atoms with Gasteiger partial charge >= 0.3 is 0 Å². The highest BCUT2D eigenvalue weighted by Crippen LogP contribution is 2.12. The predicted molar refractivity (Wildman–Crippen MR) is 89.4 cm³/mol. The molecule has 0 spiro atoms. The van der Waals surface area contributed by atoms with Crippen LogP contribution in [0.3, 0.4) is 0 Å². The molecule has 1 aromatic carbocycles.